The number of aromatic nitrogens is 2. The third-order valence-corrected chi connectivity index (χ3v) is 3.07. The van der Waals surface area contributed by atoms with E-state index in [0.29, 0.717) is 5.82 Å². The van der Waals surface area contributed by atoms with E-state index in [0.717, 1.165) is 43.7 Å². The minimum atomic E-state index is -0.166. The van der Waals surface area contributed by atoms with Crippen LogP contribution in [-0.4, -0.2) is 34.3 Å². The third kappa shape index (κ3) is 2.09. The van der Waals surface area contributed by atoms with Gasteiger partial charge in [0.25, 0.3) is 0 Å². The van der Waals surface area contributed by atoms with Gasteiger partial charge < -0.3 is 15.7 Å². The van der Waals surface area contributed by atoms with Gasteiger partial charge in [0.05, 0.1) is 6.10 Å². The van der Waals surface area contributed by atoms with Crippen LogP contribution in [0.15, 0.2) is 6.33 Å². The molecular weight excluding hydrogens is 204 g/mol. The summed E-state index contributed by atoms with van der Waals surface area (Å²) in [6.45, 7) is 3.73. The minimum Gasteiger partial charge on any atom is -0.393 e. The summed E-state index contributed by atoms with van der Waals surface area (Å²) < 4.78 is 0. The first kappa shape index (κ1) is 11.1. The predicted octanol–water partition coefficient (Wildman–Crippen LogP) is 0.582. The van der Waals surface area contributed by atoms with E-state index in [1.54, 1.807) is 0 Å². The molecule has 1 aliphatic heterocycles. The van der Waals surface area contributed by atoms with Crippen LogP contribution in [0.3, 0.4) is 0 Å². The van der Waals surface area contributed by atoms with Crippen molar-refractivity contribution in [1.29, 1.82) is 0 Å². The molecule has 2 heterocycles. The first-order chi connectivity index (χ1) is 7.72. The zero-order valence-corrected chi connectivity index (χ0v) is 9.56. The number of nitrogens with zero attached hydrogens (tertiary/aromatic N) is 3. The number of nitrogens with two attached hydrogens (primary N) is 1. The Morgan fingerprint density at radius 3 is 2.75 bits per heavy atom. The van der Waals surface area contributed by atoms with Gasteiger partial charge in [-0.15, -0.1) is 0 Å². The van der Waals surface area contributed by atoms with E-state index in [1.165, 1.54) is 6.33 Å². The molecule has 3 N–H and O–H groups in total. The lowest BCUT2D eigenvalue weighted by Crippen LogP contribution is -2.37. The Labute approximate surface area is 95.3 Å². The molecule has 0 bridgehead atoms. The topological polar surface area (TPSA) is 75.3 Å². The van der Waals surface area contributed by atoms with Gasteiger partial charge in [0.2, 0.25) is 0 Å². The van der Waals surface area contributed by atoms with Crippen molar-refractivity contribution in [1.82, 2.24) is 9.97 Å². The SMILES string of the molecule is CCc1c(N)ncnc1N1CCC(O)CC1. The lowest BCUT2D eigenvalue weighted by molar-refractivity contribution is 0.145. The van der Waals surface area contributed by atoms with E-state index in [2.05, 4.69) is 21.8 Å². The lowest BCUT2D eigenvalue weighted by Gasteiger charge is -2.31. The van der Waals surface area contributed by atoms with Gasteiger partial charge in [-0.2, -0.15) is 0 Å². The van der Waals surface area contributed by atoms with Crippen molar-refractivity contribution in [3.63, 3.8) is 0 Å². The first-order valence-electron chi connectivity index (χ1n) is 5.74. The molecule has 2 rings (SSSR count). The van der Waals surface area contributed by atoms with Crippen molar-refractivity contribution in [3.8, 4) is 0 Å². The summed E-state index contributed by atoms with van der Waals surface area (Å²) in [5, 5.41) is 9.47. The summed E-state index contributed by atoms with van der Waals surface area (Å²) in [6.07, 6.45) is 3.77. The Morgan fingerprint density at radius 1 is 1.44 bits per heavy atom. The van der Waals surface area contributed by atoms with Gasteiger partial charge in [-0.1, -0.05) is 6.92 Å². The van der Waals surface area contributed by atoms with Crippen molar-refractivity contribution in [2.75, 3.05) is 23.7 Å². The normalized spacial score (nSPS) is 17.8. The van der Waals surface area contributed by atoms with E-state index in [9.17, 15) is 5.11 Å². The number of hydrogen-bond acceptors (Lipinski definition) is 5. The number of rotatable bonds is 2. The molecule has 1 saturated heterocycles. The zero-order valence-electron chi connectivity index (χ0n) is 9.56. The molecule has 1 aromatic heterocycles. The van der Waals surface area contributed by atoms with Crippen molar-refractivity contribution < 1.29 is 5.11 Å². The second-order valence-corrected chi connectivity index (χ2v) is 4.13. The summed E-state index contributed by atoms with van der Waals surface area (Å²) in [6, 6.07) is 0. The minimum absolute atomic E-state index is 0.166. The second kappa shape index (κ2) is 4.65. The fourth-order valence-electron chi connectivity index (χ4n) is 2.11. The molecule has 88 valence electrons. The summed E-state index contributed by atoms with van der Waals surface area (Å²) >= 11 is 0. The largest absolute Gasteiger partial charge is 0.393 e. The summed E-state index contributed by atoms with van der Waals surface area (Å²) in [5.41, 5.74) is 6.85. The van der Waals surface area contributed by atoms with Crippen LogP contribution in [0.5, 0.6) is 0 Å². The quantitative estimate of drug-likeness (QED) is 0.765. The molecule has 5 nitrogen and oxygen atoms in total. The highest BCUT2D eigenvalue weighted by molar-refractivity contribution is 5.56. The Morgan fingerprint density at radius 2 is 2.12 bits per heavy atom. The number of hydrogen-bond donors (Lipinski definition) is 2. The molecule has 0 unspecified atom stereocenters. The average Bonchev–Trinajstić information content (AvgIpc) is 2.30. The Bertz CT molecular complexity index is 361. The van der Waals surface area contributed by atoms with Crippen LogP contribution >= 0.6 is 0 Å². The molecule has 0 radical (unpaired) electrons. The van der Waals surface area contributed by atoms with Gasteiger partial charge >= 0.3 is 0 Å². The molecule has 0 atom stereocenters. The number of aliphatic hydroxyl groups is 1. The zero-order chi connectivity index (χ0) is 11.5. The molecule has 0 aliphatic carbocycles. The van der Waals surface area contributed by atoms with Crippen molar-refractivity contribution in [2.45, 2.75) is 32.3 Å². The lowest BCUT2D eigenvalue weighted by atomic mass is 10.1. The van der Waals surface area contributed by atoms with Gasteiger partial charge in [0, 0.05) is 18.7 Å². The van der Waals surface area contributed by atoms with Crippen molar-refractivity contribution in [2.24, 2.45) is 0 Å². The molecule has 0 spiro atoms. The summed E-state index contributed by atoms with van der Waals surface area (Å²) in [4.78, 5) is 10.5. The van der Waals surface area contributed by atoms with Gasteiger partial charge in [-0.25, -0.2) is 9.97 Å². The Balaban J connectivity index is 2.23. The maximum Gasteiger partial charge on any atom is 0.137 e. The Kier molecular flexibility index (Phi) is 3.24. The average molecular weight is 222 g/mol. The van der Waals surface area contributed by atoms with Crippen LogP contribution in [0.4, 0.5) is 11.6 Å². The number of anilines is 2. The number of piperidine rings is 1. The molecule has 5 heteroatoms. The van der Waals surface area contributed by atoms with Crippen LogP contribution in [0.2, 0.25) is 0 Å². The van der Waals surface area contributed by atoms with Crippen molar-refractivity contribution in [3.05, 3.63) is 11.9 Å². The summed E-state index contributed by atoms with van der Waals surface area (Å²) in [5.74, 6) is 1.50. The van der Waals surface area contributed by atoms with Crippen LogP contribution in [0, 0.1) is 0 Å². The fraction of sp³-hybridized carbons (Fsp3) is 0.636. The molecule has 1 aromatic rings. The molecule has 0 amide bonds. The second-order valence-electron chi connectivity index (χ2n) is 4.13. The van der Waals surface area contributed by atoms with E-state index in [1.807, 2.05) is 0 Å². The number of aliphatic hydroxyl groups excluding tert-OH is 1. The molecular formula is C11H18N4O. The first-order valence-corrected chi connectivity index (χ1v) is 5.74. The van der Waals surface area contributed by atoms with Gasteiger partial charge in [0.1, 0.15) is 18.0 Å². The van der Waals surface area contributed by atoms with E-state index in [4.69, 9.17) is 5.73 Å². The Hall–Kier alpha value is -1.36. The van der Waals surface area contributed by atoms with E-state index >= 15 is 0 Å². The molecule has 16 heavy (non-hydrogen) atoms. The highest BCUT2D eigenvalue weighted by atomic mass is 16.3. The van der Waals surface area contributed by atoms with Crippen LogP contribution in [0.1, 0.15) is 25.3 Å². The van der Waals surface area contributed by atoms with Crippen LogP contribution < -0.4 is 10.6 Å². The van der Waals surface area contributed by atoms with Crippen molar-refractivity contribution >= 4 is 11.6 Å². The van der Waals surface area contributed by atoms with Gasteiger partial charge in [-0.05, 0) is 19.3 Å². The highest BCUT2D eigenvalue weighted by Gasteiger charge is 2.20. The highest BCUT2D eigenvalue weighted by Crippen LogP contribution is 2.24. The smallest absolute Gasteiger partial charge is 0.137 e. The molecule has 1 fully saturated rings. The van der Waals surface area contributed by atoms with Crippen LogP contribution in [-0.2, 0) is 6.42 Å². The predicted molar refractivity (Wildman–Crippen MR) is 63.3 cm³/mol. The van der Waals surface area contributed by atoms with Gasteiger partial charge in [0.15, 0.2) is 0 Å². The molecule has 1 aliphatic rings. The van der Waals surface area contributed by atoms with Crippen LogP contribution in [0.25, 0.3) is 0 Å². The standard InChI is InChI=1S/C11H18N4O/c1-2-9-10(12)13-7-14-11(9)15-5-3-8(16)4-6-15/h7-8,16H,2-6H2,1H3,(H2,12,13,14). The molecule has 0 saturated carbocycles. The van der Waals surface area contributed by atoms with E-state index < -0.39 is 0 Å². The monoisotopic (exact) mass is 222 g/mol. The summed E-state index contributed by atoms with van der Waals surface area (Å²) in [7, 11) is 0. The third-order valence-electron chi connectivity index (χ3n) is 3.07. The number of nitrogen functional groups attached to an aromatic ring is 1. The van der Waals surface area contributed by atoms with Gasteiger partial charge in [-0.3, -0.25) is 0 Å². The van der Waals surface area contributed by atoms with E-state index in [-0.39, 0.29) is 6.10 Å². The fourth-order valence-corrected chi connectivity index (χ4v) is 2.11. The maximum absolute atomic E-state index is 9.47. The molecule has 0 aromatic carbocycles. The maximum atomic E-state index is 9.47.